The highest BCUT2D eigenvalue weighted by Crippen LogP contribution is 2.22. The maximum Gasteiger partial charge on any atom is 0.251 e. The number of carbonyl (C=O) groups excluding carboxylic acids is 1. The summed E-state index contributed by atoms with van der Waals surface area (Å²) in [5.74, 6) is 0.00684. The van der Waals surface area contributed by atoms with E-state index in [1.54, 1.807) is 11.3 Å². The molecule has 1 aliphatic heterocycles. The molecular weight excluding hydrogens is 385 g/mol. The van der Waals surface area contributed by atoms with Crippen molar-refractivity contribution in [3.05, 3.63) is 45.0 Å². The van der Waals surface area contributed by atoms with E-state index in [1.165, 1.54) is 0 Å². The predicted molar refractivity (Wildman–Crippen MR) is 89.4 cm³/mol. The number of aromatic nitrogens is 1. The molecule has 20 heavy (non-hydrogen) atoms. The van der Waals surface area contributed by atoms with Gasteiger partial charge in [0, 0.05) is 39.8 Å². The fourth-order valence-corrected chi connectivity index (χ4v) is 3.33. The van der Waals surface area contributed by atoms with E-state index < -0.39 is 0 Å². The van der Waals surface area contributed by atoms with Crippen LogP contribution in [0.15, 0.2) is 35.8 Å². The largest absolute Gasteiger partial charge is 0.347 e. The number of anilines is 1. The van der Waals surface area contributed by atoms with Gasteiger partial charge in [-0.15, -0.1) is 11.3 Å². The number of nitrogens with zero attached hydrogens (tertiary/aromatic N) is 2. The van der Waals surface area contributed by atoms with Crippen molar-refractivity contribution in [3.8, 4) is 0 Å². The second kappa shape index (κ2) is 6.09. The molecule has 1 amide bonds. The molecule has 2 aromatic rings. The van der Waals surface area contributed by atoms with Crippen LogP contribution in [0.1, 0.15) is 16.8 Å². The van der Waals surface area contributed by atoms with Crippen LogP contribution in [-0.2, 0) is 0 Å². The van der Waals surface area contributed by atoms with Crippen molar-refractivity contribution < 1.29 is 4.79 Å². The number of nitrogens with one attached hydrogen (secondary N) is 1. The maximum absolute atomic E-state index is 12.2. The molecule has 104 valence electrons. The minimum atomic E-state index is 0.00684. The van der Waals surface area contributed by atoms with Gasteiger partial charge in [-0.3, -0.25) is 4.79 Å². The number of hydrogen-bond acceptors (Lipinski definition) is 4. The third-order valence-electron chi connectivity index (χ3n) is 3.32. The molecule has 1 unspecified atom stereocenters. The average Bonchev–Trinajstić information content (AvgIpc) is 3.09. The first-order chi connectivity index (χ1) is 9.72. The molecule has 1 saturated heterocycles. The van der Waals surface area contributed by atoms with Crippen LogP contribution in [0.25, 0.3) is 0 Å². The van der Waals surface area contributed by atoms with Crippen molar-refractivity contribution >= 4 is 45.0 Å². The van der Waals surface area contributed by atoms with Gasteiger partial charge in [-0.1, -0.05) is 0 Å². The lowest BCUT2D eigenvalue weighted by atomic mass is 10.2. The van der Waals surface area contributed by atoms with Gasteiger partial charge in [0.1, 0.15) is 0 Å². The Morgan fingerprint density at radius 1 is 1.40 bits per heavy atom. The summed E-state index contributed by atoms with van der Waals surface area (Å²) in [7, 11) is 0. The second-order valence-electron chi connectivity index (χ2n) is 4.73. The SMILES string of the molecule is O=C(NC1CCN(c2nccs2)C1)c1ccc(I)cc1. The molecular formula is C14H14IN3OS. The van der Waals surface area contributed by atoms with Gasteiger partial charge in [-0.05, 0) is 53.3 Å². The average molecular weight is 399 g/mol. The third kappa shape index (κ3) is 3.12. The number of thiazole rings is 1. The number of amides is 1. The maximum atomic E-state index is 12.2. The van der Waals surface area contributed by atoms with E-state index in [9.17, 15) is 4.79 Å². The summed E-state index contributed by atoms with van der Waals surface area (Å²) in [4.78, 5) is 18.7. The van der Waals surface area contributed by atoms with Crippen molar-refractivity contribution in [1.82, 2.24) is 10.3 Å². The minimum absolute atomic E-state index is 0.00684. The number of halogens is 1. The van der Waals surface area contributed by atoms with Gasteiger partial charge < -0.3 is 10.2 Å². The Kier molecular flexibility index (Phi) is 4.21. The molecule has 1 aromatic carbocycles. The lowest BCUT2D eigenvalue weighted by Crippen LogP contribution is -2.37. The lowest BCUT2D eigenvalue weighted by molar-refractivity contribution is 0.0940. The van der Waals surface area contributed by atoms with E-state index in [2.05, 4.69) is 37.8 Å². The van der Waals surface area contributed by atoms with Crippen LogP contribution in [0, 0.1) is 3.57 Å². The van der Waals surface area contributed by atoms with Crippen LogP contribution in [0.5, 0.6) is 0 Å². The van der Waals surface area contributed by atoms with Crippen molar-refractivity contribution in [2.24, 2.45) is 0 Å². The Morgan fingerprint density at radius 3 is 2.90 bits per heavy atom. The Labute approximate surface area is 135 Å². The van der Waals surface area contributed by atoms with Crippen LogP contribution in [0.3, 0.4) is 0 Å². The van der Waals surface area contributed by atoms with E-state index >= 15 is 0 Å². The number of rotatable bonds is 3. The summed E-state index contributed by atoms with van der Waals surface area (Å²) < 4.78 is 1.13. The summed E-state index contributed by atoms with van der Waals surface area (Å²) in [6, 6.07) is 7.83. The second-order valence-corrected chi connectivity index (χ2v) is 6.85. The zero-order valence-electron chi connectivity index (χ0n) is 10.8. The first-order valence-corrected chi connectivity index (χ1v) is 8.39. The Balaban J connectivity index is 1.59. The van der Waals surface area contributed by atoms with Crippen LogP contribution < -0.4 is 10.2 Å². The van der Waals surface area contributed by atoms with Gasteiger partial charge >= 0.3 is 0 Å². The third-order valence-corrected chi connectivity index (χ3v) is 4.87. The number of carbonyl (C=O) groups is 1. The molecule has 2 heterocycles. The molecule has 0 bridgehead atoms. The van der Waals surface area contributed by atoms with Crippen molar-refractivity contribution in [1.29, 1.82) is 0 Å². The number of hydrogen-bond donors (Lipinski definition) is 1. The van der Waals surface area contributed by atoms with E-state index in [1.807, 2.05) is 35.8 Å². The van der Waals surface area contributed by atoms with Crippen LogP contribution in [0.4, 0.5) is 5.13 Å². The molecule has 0 spiro atoms. The predicted octanol–water partition coefficient (Wildman–Crippen LogP) is 2.76. The highest BCUT2D eigenvalue weighted by Gasteiger charge is 2.25. The van der Waals surface area contributed by atoms with Crippen molar-refractivity contribution in [3.63, 3.8) is 0 Å². The fourth-order valence-electron chi connectivity index (χ4n) is 2.29. The molecule has 0 aliphatic carbocycles. The number of benzene rings is 1. The zero-order valence-corrected chi connectivity index (χ0v) is 13.7. The molecule has 0 saturated carbocycles. The van der Waals surface area contributed by atoms with E-state index in [0.717, 1.165) is 33.8 Å². The summed E-state index contributed by atoms with van der Waals surface area (Å²) in [6.07, 6.45) is 2.78. The van der Waals surface area contributed by atoms with Crippen molar-refractivity contribution in [2.75, 3.05) is 18.0 Å². The molecule has 0 radical (unpaired) electrons. The fraction of sp³-hybridized carbons (Fsp3) is 0.286. The van der Waals surface area contributed by atoms with Gasteiger partial charge in [0.2, 0.25) is 0 Å². The molecule has 6 heteroatoms. The molecule has 1 aliphatic rings. The van der Waals surface area contributed by atoms with E-state index in [4.69, 9.17) is 0 Å². The minimum Gasteiger partial charge on any atom is -0.347 e. The highest BCUT2D eigenvalue weighted by atomic mass is 127. The quantitative estimate of drug-likeness (QED) is 0.808. The summed E-state index contributed by atoms with van der Waals surface area (Å²) in [6.45, 7) is 1.79. The molecule has 1 N–H and O–H groups in total. The van der Waals surface area contributed by atoms with Crippen LogP contribution in [0.2, 0.25) is 0 Å². The van der Waals surface area contributed by atoms with Gasteiger partial charge in [-0.25, -0.2) is 4.98 Å². The molecule has 3 rings (SSSR count). The molecule has 1 atom stereocenters. The summed E-state index contributed by atoms with van der Waals surface area (Å²) in [5, 5.41) is 6.12. The van der Waals surface area contributed by atoms with Gasteiger partial charge in [-0.2, -0.15) is 0 Å². The Bertz CT molecular complexity index is 585. The van der Waals surface area contributed by atoms with Crippen molar-refractivity contribution in [2.45, 2.75) is 12.5 Å². The van der Waals surface area contributed by atoms with Crippen LogP contribution >= 0.6 is 33.9 Å². The normalized spacial score (nSPS) is 18.2. The van der Waals surface area contributed by atoms with E-state index in [0.29, 0.717) is 0 Å². The van der Waals surface area contributed by atoms with Gasteiger partial charge in [0.25, 0.3) is 5.91 Å². The molecule has 4 nitrogen and oxygen atoms in total. The summed E-state index contributed by atoms with van der Waals surface area (Å²) in [5.41, 5.74) is 0.720. The van der Waals surface area contributed by atoms with E-state index in [-0.39, 0.29) is 11.9 Å². The van der Waals surface area contributed by atoms with Gasteiger partial charge in [0.15, 0.2) is 5.13 Å². The zero-order chi connectivity index (χ0) is 13.9. The summed E-state index contributed by atoms with van der Waals surface area (Å²) >= 11 is 3.87. The highest BCUT2D eigenvalue weighted by molar-refractivity contribution is 14.1. The Hall–Kier alpha value is -1.15. The molecule has 1 aromatic heterocycles. The van der Waals surface area contributed by atoms with Crippen LogP contribution in [-0.4, -0.2) is 30.0 Å². The molecule has 1 fully saturated rings. The Morgan fingerprint density at radius 2 is 2.20 bits per heavy atom. The standard InChI is InChI=1S/C14H14IN3OS/c15-11-3-1-10(2-4-11)13(19)17-12-5-7-18(9-12)14-16-6-8-20-14/h1-4,6,8,12H,5,7,9H2,(H,17,19). The lowest BCUT2D eigenvalue weighted by Gasteiger charge is -2.15. The smallest absolute Gasteiger partial charge is 0.251 e. The van der Waals surface area contributed by atoms with Gasteiger partial charge in [0.05, 0.1) is 0 Å². The monoisotopic (exact) mass is 399 g/mol. The first-order valence-electron chi connectivity index (χ1n) is 6.43. The topological polar surface area (TPSA) is 45.2 Å². The first kappa shape index (κ1) is 13.8.